The lowest BCUT2D eigenvalue weighted by Gasteiger charge is -2.34. The molecule has 2 saturated heterocycles. The van der Waals surface area contributed by atoms with Gasteiger partial charge in [-0.2, -0.15) is 11.8 Å². The van der Waals surface area contributed by atoms with Crippen molar-refractivity contribution < 1.29 is 9.47 Å². The quantitative estimate of drug-likeness (QED) is 0.271. The number of benzene rings is 1. The molecule has 8 heteroatoms. The van der Waals surface area contributed by atoms with E-state index < -0.39 is 0 Å². The summed E-state index contributed by atoms with van der Waals surface area (Å²) in [7, 11) is 1.73. The molecule has 0 radical (unpaired) electrons. The first-order chi connectivity index (χ1) is 14.7. The van der Waals surface area contributed by atoms with Crippen molar-refractivity contribution in [2.75, 3.05) is 59.3 Å². The maximum atomic E-state index is 5.58. The summed E-state index contributed by atoms with van der Waals surface area (Å²) >= 11 is 1.93. The van der Waals surface area contributed by atoms with Crippen LogP contribution in [0.2, 0.25) is 0 Å². The van der Waals surface area contributed by atoms with Crippen molar-refractivity contribution in [1.82, 2.24) is 15.5 Å². The first kappa shape index (κ1) is 26.5. The minimum absolute atomic E-state index is 0. The molecule has 176 valence electrons. The molecule has 2 heterocycles. The largest absolute Gasteiger partial charge is 0.497 e. The number of rotatable bonds is 9. The van der Waals surface area contributed by atoms with Gasteiger partial charge in [0.1, 0.15) is 5.75 Å². The van der Waals surface area contributed by atoms with Gasteiger partial charge in [-0.05, 0) is 69.6 Å². The molecule has 1 aromatic rings. The summed E-state index contributed by atoms with van der Waals surface area (Å²) in [6.45, 7) is 8.60. The molecule has 2 aliphatic rings. The van der Waals surface area contributed by atoms with Crippen molar-refractivity contribution in [3.05, 3.63) is 29.8 Å². The molecule has 1 atom stereocenters. The zero-order valence-electron chi connectivity index (χ0n) is 19.2. The van der Waals surface area contributed by atoms with Gasteiger partial charge in [-0.1, -0.05) is 12.1 Å². The number of likely N-dealkylation sites (tertiary alicyclic amines) is 1. The summed E-state index contributed by atoms with van der Waals surface area (Å²) in [5.41, 5.74) is 1.30. The van der Waals surface area contributed by atoms with E-state index >= 15 is 0 Å². The van der Waals surface area contributed by atoms with Gasteiger partial charge >= 0.3 is 0 Å². The summed E-state index contributed by atoms with van der Waals surface area (Å²) in [5.74, 6) is 1.82. The van der Waals surface area contributed by atoms with Crippen molar-refractivity contribution in [1.29, 1.82) is 0 Å². The first-order valence-corrected chi connectivity index (χ1v) is 12.5. The molecule has 2 N–H and O–H groups in total. The Kier molecular flexibility index (Phi) is 11.8. The molecule has 0 spiro atoms. The lowest BCUT2D eigenvalue weighted by Crippen LogP contribution is -2.44. The number of aliphatic imine (C=N–C) groups is 1. The smallest absolute Gasteiger partial charge is 0.191 e. The Morgan fingerprint density at radius 2 is 2.00 bits per heavy atom. The van der Waals surface area contributed by atoms with E-state index in [1.54, 1.807) is 7.11 Å². The van der Waals surface area contributed by atoms with E-state index in [1.165, 1.54) is 18.4 Å². The molecule has 1 aromatic carbocycles. The summed E-state index contributed by atoms with van der Waals surface area (Å²) in [5, 5.41) is 7.07. The number of ether oxygens (including phenoxy) is 2. The minimum atomic E-state index is 0. The van der Waals surface area contributed by atoms with Gasteiger partial charge in [-0.25, -0.2) is 0 Å². The molecule has 6 nitrogen and oxygen atoms in total. The fourth-order valence-corrected chi connectivity index (χ4v) is 5.06. The van der Waals surface area contributed by atoms with Crippen LogP contribution in [0.4, 0.5) is 0 Å². The van der Waals surface area contributed by atoms with Crippen LogP contribution in [-0.4, -0.2) is 74.9 Å². The molecule has 3 rings (SSSR count). The Bertz CT molecular complexity index is 679. The first-order valence-electron chi connectivity index (χ1n) is 11.2. The molecule has 0 saturated carbocycles. The zero-order valence-corrected chi connectivity index (χ0v) is 22.3. The molecule has 2 aliphatic heterocycles. The molecule has 2 fully saturated rings. The third-order valence-corrected chi connectivity index (χ3v) is 7.63. The number of nitrogens with one attached hydrogen (secondary N) is 2. The highest BCUT2D eigenvalue weighted by Crippen LogP contribution is 2.34. The van der Waals surface area contributed by atoms with Crippen LogP contribution in [-0.2, 0) is 4.74 Å². The number of methoxy groups -OCH3 is 1. The topological polar surface area (TPSA) is 58.1 Å². The molecular formula is C23H39IN4O2S. The van der Waals surface area contributed by atoms with Gasteiger partial charge in [0.05, 0.1) is 19.7 Å². The lowest BCUT2D eigenvalue weighted by molar-refractivity contribution is 0.0794. The standard InChI is InChI=1S/C23H38N4O2S.HI/c1-4-24-22(26-18-23(30-3)10-14-29-15-11-23)25-17-21(27-12-5-6-13-27)19-8-7-9-20(16-19)28-2;/h7-9,16,21H,4-6,10-15,17-18H2,1-3H3,(H2,24,25,26);1H. The summed E-state index contributed by atoms with van der Waals surface area (Å²) < 4.78 is 11.2. The highest BCUT2D eigenvalue weighted by atomic mass is 127. The number of hydrogen-bond donors (Lipinski definition) is 2. The van der Waals surface area contributed by atoms with E-state index in [4.69, 9.17) is 14.5 Å². The highest BCUT2D eigenvalue weighted by molar-refractivity contribution is 14.0. The number of hydrogen-bond acceptors (Lipinski definition) is 5. The van der Waals surface area contributed by atoms with Crippen molar-refractivity contribution >= 4 is 41.7 Å². The monoisotopic (exact) mass is 562 g/mol. The van der Waals surface area contributed by atoms with Gasteiger partial charge in [-0.15, -0.1) is 24.0 Å². The van der Waals surface area contributed by atoms with Gasteiger partial charge < -0.3 is 20.1 Å². The fourth-order valence-electron chi connectivity index (χ4n) is 4.29. The number of guanidine groups is 1. The number of thioether (sulfide) groups is 1. The van der Waals surface area contributed by atoms with Crippen molar-refractivity contribution in [3.63, 3.8) is 0 Å². The van der Waals surface area contributed by atoms with Crippen molar-refractivity contribution in [3.8, 4) is 5.75 Å². The molecule has 0 aromatic heterocycles. The van der Waals surface area contributed by atoms with Crippen LogP contribution < -0.4 is 15.4 Å². The molecule has 1 unspecified atom stereocenters. The summed E-state index contributed by atoms with van der Waals surface area (Å²) in [4.78, 5) is 7.56. The molecule has 0 amide bonds. The van der Waals surface area contributed by atoms with Gasteiger partial charge in [0, 0.05) is 31.1 Å². The minimum Gasteiger partial charge on any atom is -0.497 e. The number of nitrogens with zero attached hydrogens (tertiary/aromatic N) is 2. The average molecular weight is 563 g/mol. The summed E-state index contributed by atoms with van der Waals surface area (Å²) in [6, 6.07) is 8.79. The maximum absolute atomic E-state index is 5.58. The SMILES string of the molecule is CCNC(=NCC1(SC)CCOCC1)NCC(c1cccc(OC)c1)N1CCCC1.I. The van der Waals surface area contributed by atoms with E-state index in [9.17, 15) is 0 Å². The second-order valence-electron chi connectivity index (χ2n) is 8.11. The lowest BCUT2D eigenvalue weighted by atomic mass is 9.99. The van der Waals surface area contributed by atoms with Crippen LogP contribution in [0, 0.1) is 0 Å². The van der Waals surface area contributed by atoms with E-state index in [-0.39, 0.29) is 28.7 Å². The molecule has 31 heavy (non-hydrogen) atoms. The van der Waals surface area contributed by atoms with Crippen LogP contribution in [0.3, 0.4) is 0 Å². The Labute approximate surface area is 209 Å². The highest BCUT2D eigenvalue weighted by Gasteiger charge is 2.31. The van der Waals surface area contributed by atoms with Gasteiger partial charge in [0.25, 0.3) is 0 Å². The van der Waals surface area contributed by atoms with Crippen LogP contribution in [0.15, 0.2) is 29.3 Å². The van der Waals surface area contributed by atoms with E-state index in [1.807, 2.05) is 17.8 Å². The predicted molar refractivity (Wildman–Crippen MR) is 142 cm³/mol. The van der Waals surface area contributed by atoms with Crippen molar-refractivity contribution in [2.24, 2.45) is 4.99 Å². The second-order valence-corrected chi connectivity index (χ2v) is 9.39. The number of halogens is 1. The fraction of sp³-hybridized carbons (Fsp3) is 0.696. The maximum Gasteiger partial charge on any atom is 0.191 e. The Hall–Kier alpha value is -0.710. The second kappa shape index (κ2) is 13.7. The third kappa shape index (κ3) is 7.68. The van der Waals surface area contributed by atoms with Gasteiger partial charge in [0.15, 0.2) is 5.96 Å². The predicted octanol–water partition coefficient (Wildman–Crippen LogP) is 3.92. The molecule has 0 bridgehead atoms. The zero-order chi connectivity index (χ0) is 21.2. The van der Waals surface area contributed by atoms with E-state index in [0.717, 1.165) is 70.5 Å². The molecular weight excluding hydrogens is 523 g/mol. The molecule has 0 aliphatic carbocycles. The Morgan fingerprint density at radius 1 is 1.26 bits per heavy atom. The normalized spacial score (nSPS) is 20.0. The van der Waals surface area contributed by atoms with Crippen LogP contribution in [0.5, 0.6) is 5.75 Å². The van der Waals surface area contributed by atoms with Gasteiger partial charge in [0.2, 0.25) is 0 Å². The Balaban J connectivity index is 0.00000341. The van der Waals surface area contributed by atoms with Crippen LogP contribution in [0.25, 0.3) is 0 Å². The van der Waals surface area contributed by atoms with E-state index in [2.05, 4.69) is 46.9 Å². The van der Waals surface area contributed by atoms with Crippen LogP contribution >= 0.6 is 35.7 Å². The van der Waals surface area contributed by atoms with E-state index in [0.29, 0.717) is 6.04 Å². The summed E-state index contributed by atoms with van der Waals surface area (Å²) in [6.07, 6.45) is 6.88. The van der Waals surface area contributed by atoms with Crippen LogP contribution in [0.1, 0.15) is 44.2 Å². The van der Waals surface area contributed by atoms with Crippen molar-refractivity contribution in [2.45, 2.75) is 43.4 Å². The Morgan fingerprint density at radius 3 is 2.65 bits per heavy atom. The van der Waals surface area contributed by atoms with Gasteiger partial charge in [-0.3, -0.25) is 9.89 Å². The average Bonchev–Trinajstić information content (AvgIpc) is 3.33. The third-order valence-electron chi connectivity index (χ3n) is 6.23.